The molecule has 0 aliphatic carbocycles. The van der Waals surface area contributed by atoms with E-state index in [2.05, 4.69) is 4.74 Å². The van der Waals surface area contributed by atoms with Gasteiger partial charge in [0.25, 0.3) is 0 Å². The molecule has 1 aromatic rings. The minimum absolute atomic E-state index is 0.366. The van der Waals surface area contributed by atoms with Crippen LogP contribution in [0.3, 0.4) is 0 Å². The lowest BCUT2D eigenvalue weighted by atomic mass is 10.1. The van der Waals surface area contributed by atoms with E-state index in [9.17, 15) is 4.79 Å². The second kappa shape index (κ2) is 5.36. The summed E-state index contributed by atoms with van der Waals surface area (Å²) >= 11 is 0. The van der Waals surface area contributed by atoms with Crippen molar-refractivity contribution in [2.24, 2.45) is 0 Å². The third-order valence-corrected chi connectivity index (χ3v) is 2.00. The molecular formula is C11H14O4. The van der Waals surface area contributed by atoms with Crippen molar-refractivity contribution in [3.63, 3.8) is 0 Å². The van der Waals surface area contributed by atoms with Gasteiger partial charge >= 0.3 is 5.97 Å². The molecule has 15 heavy (non-hydrogen) atoms. The molecule has 0 aromatic heterocycles. The van der Waals surface area contributed by atoms with Crippen LogP contribution >= 0.6 is 0 Å². The van der Waals surface area contributed by atoms with Crippen LogP contribution in [0.4, 0.5) is 0 Å². The van der Waals surface area contributed by atoms with Crippen LogP contribution < -0.4 is 4.74 Å². The van der Waals surface area contributed by atoms with E-state index in [1.54, 1.807) is 32.4 Å². The highest BCUT2D eigenvalue weighted by Crippen LogP contribution is 2.20. The number of rotatable bonds is 4. The summed E-state index contributed by atoms with van der Waals surface area (Å²) < 4.78 is 14.8. The van der Waals surface area contributed by atoms with Crippen LogP contribution in [0, 0.1) is 0 Å². The lowest BCUT2D eigenvalue weighted by Crippen LogP contribution is -2.03. The standard InChI is InChI=1S/C11H14O4/c1-13-7-9-6-8(11(12)15-3)4-5-10(9)14-2/h4-6H,7H2,1-3H3. The van der Waals surface area contributed by atoms with Gasteiger partial charge in [-0.1, -0.05) is 0 Å². The van der Waals surface area contributed by atoms with Gasteiger partial charge in [0.2, 0.25) is 0 Å². The zero-order valence-electron chi connectivity index (χ0n) is 9.07. The van der Waals surface area contributed by atoms with Gasteiger partial charge in [-0.3, -0.25) is 0 Å². The van der Waals surface area contributed by atoms with Crippen LogP contribution in [0.25, 0.3) is 0 Å². The number of ether oxygens (including phenoxy) is 3. The van der Waals surface area contributed by atoms with Crippen molar-refractivity contribution in [1.29, 1.82) is 0 Å². The monoisotopic (exact) mass is 210 g/mol. The number of hydrogen-bond acceptors (Lipinski definition) is 4. The van der Waals surface area contributed by atoms with Crippen LogP contribution in [0.15, 0.2) is 18.2 Å². The fourth-order valence-corrected chi connectivity index (χ4v) is 1.29. The van der Waals surface area contributed by atoms with Gasteiger partial charge in [-0.2, -0.15) is 0 Å². The van der Waals surface area contributed by atoms with Crippen molar-refractivity contribution in [3.05, 3.63) is 29.3 Å². The Morgan fingerprint density at radius 2 is 2.00 bits per heavy atom. The van der Waals surface area contributed by atoms with Crippen molar-refractivity contribution in [1.82, 2.24) is 0 Å². The Hall–Kier alpha value is -1.55. The largest absolute Gasteiger partial charge is 0.496 e. The number of benzene rings is 1. The maximum Gasteiger partial charge on any atom is 0.337 e. The molecule has 1 aromatic carbocycles. The Morgan fingerprint density at radius 3 is 2.53 bits per heavy atom. The van der Waals surface area contributed by atoms with Gasteiger partial charge in [0.05, 0.1) is 26.4 Å². The van der Waals surface area contributed by atoms with Gasteiger partial charge in [0.1, 0.15) is 5.75 Å². The Balaban J connectivity index is 3.04. The van der Waals surface area contributed by atoms with Crippen molar-refractivity contribution >= 4 is 5.97 Å². The number of methoxy groups -OCH3 is 3. The highest BCUT2D eigenvalue weighted by Gasteiger charge is 2.09. The Morgan fingerprint density at radius 1 is 1.27 bits per heavy atom. The molecule has 1 rings (SSSR count). The van der Waals surface area contributed by atoms with E-state index >= 15 is 0 Å². The predicted molar refractivity (Wildman–Crippen MR) is 55.0 cm³/mol. The summed E-state index contributed by atoms with van der Waals surface area (Å²) in [6.07, 6.45) is 0. The summed E-state index contributed by atoms with van der Waals surface area (Å²) in [6, 6.07) is 5.08. The zero-order valence-corrected chi connectivity index (χ0v) is 9.07. The molecule has 0 spiro atoms. The summed E-state index contributed by atoms with van der Waals surface area (Å²) in [5, 5.41) is 0. The first kappa shape index (κ1) is 11.5. The molecule has 0 aliphatic rings. The molecule has 0 fully saturated rings. The van der Waals surface area contributed by atoms with E-state index in [4.69, 9.17) is 9.47 Å². The second-order valence-corrected chi connectivity index (χ2v) is 2.95. The van der Waals surface area contributed by atoms with Crippen LogP contribution in [0.2, 0.25) is 0 Å². The fraction of sp³-hybridized carbons (Fsp3) is 0.364. The van der Waals surface area contributed by atoms with Crippen LogP contribution in [0.5, 0.6) is 5.75 Å². The van der Waals surface area contributed by atoms with Gasteiger partial charge in [-0.05, 0) is 18.2 Å². The van der Waals surface area contributed by atoms with Crippen LogP contribution in [-0.2, 0) is 16.1 Å². The molecule has 0 unspecified atom stereocenters. The van der Waals surface area contributed by atoms with E-state index in [1.807, 2.05) is 0 Å². The Bertz CT molecular complexity index is 346. The molecule has 0 N–H and O–H groups in total. The van der Waals surface area contributed by atoms with Crippen molar-refractivity contribution in [3.8, 4) is 5.75 Å². The van der Waals surface area contributed by atoms with Gasteiger partial charge in [0.15, 0.2) is 0 Å². The topological polar surface area (TPSA) is 44.8 Å². The molecule has 82 valence electrons. The summed E-state index contributed by atoms with van der Waals surface area (Å²) in [5.74, 6) is 0.333. The van der Waals surface area contributed by atoms with Gasteiger partial charge in [-0.15, -0.1) is 0 Å². The van der Waals surface area contributed by atoms with Crippen molar-refractivity contribution < 1.29 is 19.0 Å². The molecule has 0 amide bonds. The highest BCUT2D eigenvalue weighted by molar-refractivity contribution is 5.89. The van der Waals surface area contributed by atoms with Crippen LogP contribution in [-0.4, -0.2) is 27.3 Å². The average Bonchev–Trinajstić information content (AvgIpc) is 2.28. The SMILES string of the molecule is COCc1cc(C(=O)OC)ccc1OC. The van der Waals surface area contributed by atoms with Gasteiger partial charge < -0.3 is 14.2 Å². The molecule has 0 radical (unpaired) electrons. The third kappa shape index (κ3) is 2.70. The second-order valence-electron chi connectivity index (χ2n) is 2.95. The van der Waals surface area contributed by atoms with Crippen molar-refractivity contribution in [2.45, 2.75) is 6.61 Å². The smallest absolute Gasteiger partial charge is 0.337 e. The quantitative estimate of drug-likeness (QED) is 0.708. The van der Waals surface area contributed by atoms with Gasteiger partial charge in [-0.25, -0.2) is 4.79 Å². The average molecular weight is 210 g/mol. The Labute approximate surface area is 88.8 Å². The highest BCUT2D eigenvalue weighted by atomic mass is 16.5. The van der Waals surface area contributed by atoms with E-state index in [1.165, 1.54) is 7.11 Å². The summed E-state index contributed by atoms with van der Waals surface area (Å²) in [7, 11) is 4.51. The maximum absolute atomic E-state index is 11.3. The third-order valence-electron chi connectivity index (χ3n) is 2.00. The molecule has 0 saturated heterocycles. The first-order valence-corrected chi connectivity index (χ1v) is 4.47. The Kier molecular flexibility index (Phi) is 4.12. The zero-order chi connectivity index (χ0) is 11.3. The lowest BCUT2D eigenvalue weighted by Gasteiger charge is -2.08. The molecule has 0 aliphatic heterocycles. The van der Waals surface area contributed by atoms with E-state index in [0.29, 0.717) is 17.9 Å². The van der Waals surface area contributed by atoms with Gasteiger partial charge in [0, 0.05) is 12.7 Å². The molecule has 0 saturated carbocycles. The van der Waals surface area contributed by atoms with Crippen LogP contribution in [0.1, 0.15) is 15.9 Å². The molecule has 4 heteroatoms. The molecule has 0 bridgehead atoms. The molecule has 0 heterocycles. The molecule has 4 nitrogen and oxygen atoms in total. The molecular weight excluding hydrogens is 196 g/mol. The first-order chi connectivity index (χ1) is 7.22. The predicted octanol–water partition coefficient (Wildman–Crippen LogP) is 1.63. The minimum atomic E-state index is -0.366. The molecule has 0 atom stereocenters. The normalized spacial score (nSPS) is 9.80. The number of hydrogen-bond donors (Lipinski definition) is 0. The minimum Gasteiger partial charge on any atom is -0.496 e. The first-order valence-electron chi connectivity index (χ1n) is 4.47. The summed E-state index contributed by atoms with van der Waals surface area (Å²) in [5.41, 5.74) is 1.31. The number of carbonyl (C=O) groups is 1. The summed E-state index contributed by atoms with van der Waals surface area (Å²) in [4.78, 5) is 11.3. The lowest BCUT2D eigenvalue weighted by molar-refractivity contribution is 0.0600. The van der Waals surface area contributed by atoms with E-state index < -0.39 is 0 Å². The van der Waals surface area contributed by atoms with E-state index in [0.717, 1.165) is 5.56 Å². The summed E-state index contributed by atoms with van der Waals surface area (Å²) in [6.45, 7) is 0.397. The number of carbonyl (C=O) groups excluding carboxylic acids is 1. The van der Waals surface area contributed by atoms with Crippen molar-refractivity contribution in [2.75, 3.05) is 21.3 Å². The maximum atomic E-state index is 11.3. The fourth-order valence-electron chi connectivity index (χ4n) is 1.29. The van der Waals surface area contributed by atoms with E-state index in [-0.39, 0.29) is 5.97 Å². The number of esters is 1.